The zero-order chi connectivity index (χ0) is 13.5. The Hall–Kier alpha value is -1.26. The number of nitrogens with two attached hydrogens (primary N) is 1. The molecule has 0 aliphatic heterocycles. The van der Waals surface area contributed by atoms with Crippen molar-refractivity contribution < 1.29 is 9.53 Å². The van der Waals surface area contributed by atoms with Gasteiger partial charge in [0.05, 0.1) is 5.02 Å². The van der Waals surface area contributed by atoms with Crippen molar-refractivity contribution >= 4 is 17.5 Å². The van der Waals surface area contributed by atoms with Gasteiger partial charge in [-0.1, -0.05) is 24.6 Å². The highest BCUT2D eigenvalue weighted by molar-refractivity contribution is 6.32. The smallest absolute Gasteiger partial charge is 0.258 e. The summed E-state index contributed by atoms with van der Waals surface area (Å²) in [6.07, 6.45) is 0.400. The van der Waals surface area contributed by atoms with Crippen LogP contribution >= 0.6 is 11.6 Å². The van der Waals surface area contributed by atoms with Crippen molar-refractivity contribution in [3.63, 3.8) is 0 Å². The van der Waals surface area contributed by atoms with Gasteiger partial charge >= 0.3 is 0 Å². The minimum atomic E-state index is -0.688. The Balaban J connectivity index is 2.64. The van der Waals surface area contributed by atoms with Gasteiger partial charge in [0.25, 0.3) is 5.91 Å². The quantitative estimate of drug-likeness (QED) is 0.746. The summed E-state index contributed by atoms with van der Waals surface area (Å²) in [6.45, 7) is 5.44. The molecule has 0 bridgehead atoms. The Bertz CT molecular complexity index is 410. The fourth-order valence-corrected chi connectivity index (χ4v) is 1.66. The van der Waals surface area contributed by atoms with Crippen LogP contribution in [0, 0.1) is 0 Å². The monoisotopic (exact) mass is 270 g/mol. The fraction of sp³-hybridized carbons (Fsp3) is 0.462. The summed E-state index contributed by atoms with van der Waals surface area (Å²) in [5.41, 5.74) is 6.20. The zero-order valence-corrected chi connectivity index (χ0v) is 11.5. The molecule has 0 aromatic heterocycles. The third-order valence-corrected chi connectivity index (χ3v) is 2.75. The summed E-state index contributed by atoms with van der Waals surface area (Å²) in [6, 6.07) is 5.50. The summed E-state index contributed by atoms with van der Waals surface area (Å²) >= 11 is 6.09. The highest BCUT2D eigenvalue weighted by Crippen LogP contribution is 2.26. The molecule has 1 aromatic rings. The van der Waals surface area contributed by atoms with Gasteiger partial charge < -0.3 is 15.8 Å². The molecule has 1 unspecified atom stereocenters. The van der Waals surface area contributed by atoms with Crippen LogP contribution in [0.2, 0.25) is 5.02 Å². The van der Waals surface area contributed by atoms with Crippen LogP contribution in [0.4, 0.5) is 0 Å². The number of rotatable bonds is 7. The Morgan fingerprint density at radius 1 is 1.56 bits per heavy atom. The number of benzene rings is 1. The maximum absolute atomic E-state index is 10.9. The SMILES string of the molecule is CCCNCc1ccc(OC(C)C(N)=O)c(Cl)c1. The van der Waals surface area contributed by atoms with Gasteiger partial charge in [0.15, 0.2) is 6.10 Å². The summed E-state index contributed by atoms with van der Waals surface area (Å²) in [4.78, 5) is 10.9. The lowest BCUT2D eigenvalue weighted by Crippen LogP contribution is -2.30. The van der Waals surface area contributed by atoms with Crippen molar-refractivity contribution in [1.82, 2.24) is 5.32 Å². The molecule has 0 fully saturated rings. The van der Waals surface area contributed by atoms with Gasteiger partial charge in [-0.05, 0) is 37.6 Å². The van der Waals surface area contributed by atoms with Crippen LogP contribution in [0.25, 0.3) is 0 Å². The largest absolute Gasteiger partial charge is 0.479 e. The first-order valence-electron chi connectivity index (χ1n) is 5.99. The molecule has 1 amide bonds. The summed E-state index contributed by atoms with van der Waals surface area (Å²) < 4.78 is 5.36. The lowest BCUT2D eigenvalue weighted by molar-refractivity contribution is -0.123. The minimum absolute atomic E-state index is 0.474. The number of hydrogen-bond acceptors (Lipinski definition) is 3. The topological polar surface area (TPSA) is 64.3 Å². The first kappa shape index (κ1) is 14.8. The van der Waals surface area contributed by atoms with Crippen molar-refractivity contribution in [1.29, 1.82) is 0 Å². The van der Waals surface area contributed by atoms with E-state index >= 15 is 0 Å². The first-order valence-corrected chi connectivity index (χ1v) is 6.37. The summed E-state index contributed by atoms with van der Waals surface area (Å²) in [5, 5.41) is 3.77. The highest BCUT2D eigenvalue weighted by Gasteiger charge is 2.12. The highest BCUT2D eigenvalue weighted by atomic mass is 35.5. The number of nitrogens with one attached hydrogen (secondary N) is 1. The van der Waals surface area contributed by atoms with Crippen LogP contribution in [0.15, 0.2) is 18.2 Å². The maximum Gasteiger partial charge on any atom is 0.258 e. The molecule has 0 aliphatic carbocycles. The molecule has 4 nitrogen and oxygen atoms in total. The van der Waals surface area contributed by atoms with E-state index in [1.165, 1.54) is 0 Å². The number of ether oxygens (including phenoxy) is 1. The minimum Gasteiger partial charge on any atom is -0.479 e. The van der Waals surface area contributed by atoms with Crippen molar-refractivity contribution in [3.8, 4) is 5.75 Å². The zero-order valence-electron chi connectivity index (χ0n) is 10.7. The van der Waals surface area contributed by atoms with E-state index in [0.29, 0.717) is 10.8 Å². The molecule has 5 heteroatoms. The summed E-state index contributed by atoms with van der Waals surface area (Å²) in [7, 11) is 0. The molecule has 1 aromatic carbocycles. The average molecular weight is 271 g/mol. The number of carbonyl (C=O) groups excluding carboxylic acids is 1. The third-order valence-electron chi connectivity index (χ3n) is 2.46. The van der Waals surface area contributed by atoms with Crippen LogP contribution < -0.4 is 15.8 Å². The number of hydrogen-bond donors (Lipinski definition) is 2. The van der Waals surface area contributed by atoms with E-state index in [1.807, 2.05) is 12.1 Å². The van der Waals surface area contributed by atoms with E-state index in [-0.39, 0.29) is 0 Å². The fourth-order valence-electron chi connectivity index (χ4n) is 1.41. The van der Waals surface area contributed by atoms with Gasteiger partial charge in [0.1, 0.15) is 5.75 Å². The van der Waals surface area contributed by atoms with Gasteiger partial charge in [0.2, 0.25) is 0 Å². The van der Waals surface area contributed by atoms with Crippen molar-refractivity contribution in [2.75, 3.05) is 6.54 Å². The average Bonchev–Trinajstić information content (AvgIpc) is 2.32. The van der Waals surface area contributed by atoms with Crippen molar-refractivity contribution in [2.45, 2.75) is 32.9 Å². The molecule has 0 saturated carbocycles. The molecule has 3 N–H and O–H groups in total. The first-order chi connectivity index (χ1) is 8.54. The van der Waals surface area contributed by atoms with E-state index in [2.05, 4.69) is 12.2 Å². The molecule has 0 spiro atoms. The van der Waals surface area contributed by atoms with E-state index < -0.39 is 12.0 Å². The second-order valence-corrected chi connectivity index (χ2v) is 4.51. The van der Waals surface area contributed by atoms with E-state index in [0.717, 1.165) is 25.1 Å². The van der Waals surface area contributed by atoms with Gasteiger partial charge in [-0.25, -0.2) is 0 Å². The Morgan fingerprint density at radius 3 is 2.83 bits per heavy atom. The van der Waals surface area contributed by atoms with Crippen LogP contribution in [-0.2, 0) is 11.3 Å². The number of primary amides is 1. The molecule has 18 heavy (non-hydrogen) atoms. The molecule has 1 atom stereocenters. The van der Waals surface area contributed by atoms with Gasteiger partial charge in [-0.2, -0.15) is 0 Å². The Kier molecular flexibility index (Phi) is 5.95. The van der Waals surface area contributed by atoms with Crippen molar-refractivity contribution in [3.05, 3.63) is 28.8 Å². The van der Waals surface area contributed by atoms with Gasteiger partial charge in [-0.3, -0.25) is 4.79 Å². The van der Waals surface area contributed by atoms with Crippen LogP contribution in [0.5, 0.6) is 5.75 Å². The Labute approximate surface area is 112 Å². The third kappa shape index (κ3) is 4.55. The number of halogens is 1. The second kappa shape index (κ2) is 7.24. The predicted octanol–water partition coefficient (Wildman–Crippen LogP) is 2.09. The van der Waals surface area contributed by atoms with Crippen molar-refractivity contribution in [2.24, 2.45) is 5.73 Å². The molecule has 0 saturated heterocycles. The Morgan fingerprint density at radius 2 is 2.28 bits per heavy atom. The molecule has 0 heterocycles. The lowest BCUT2D eigenvalue weighted by Gasteiger charge is -2.13. The standard InChI is InChI=1S/C13H19ClN2O2/c1-3-6-16-8-10-4-5-12(11(14)7-10)18-9(2)13(15)17/h4-5,7,9,16H,3,6,8H2,1-2H3,(H2,15,17). The maximum atomic E-state index is 10.9. The second-order valence-electron chi connectivity index (χ2n) is 4.10. The van der Waals surface area contributed by atoms with E-state index in [1.54, 1.807) is 13.0 Å². The summed E-state index contributed by atoms with van der Waals surface area (Å²) in [5.74, 6) is -0.0398. The molecule has 0 radical (unpaired) electrons. The van der Waals surface area contributed by atoms with E-state index in [4.69, 9.17) is 22.1 Å². The molecular formula is C13H19ClN2O2. The number of carbonyl (C=O) groups is 1. The van der Waals surface area contributed by atoms with Crippen LogP contribution in [-0.4, -0.2) is 18.6 Å². The van der Waals surface area contributed by atoms with Crippen LogP contribution in [0.1, 0.15) is 25.8 Å². The molecular weight excluding hydrogens is 252 g/mol. The predicted molar refractivity (Wildman–Crippen MR) is 72.7 cm³/mol. The molecule has 0 aliphatic rings. The normalized spacial score (nSPS) is 12.2. The lowest BCUT2D eigenvalue weighted by atomic mass is 10.2. The molecule has 1 rings (SSSR count). The van der Waals surface area contributed by atoms with Gasteiger partial charge in [-0.15, -0.1) is 0 Å². The van der Waals surface area contributed by atoms with Crippen LogP contribution in [0.3, 0.4) is 0 Å². The van der Waals surface area contributed by atoms with E-state index in [9.17, 15) is 4.79 Å². The molecule has 100 valence electrons. The van der Waals surface area contributed by atoms with Gasteiger partial charge in [0, 0.05) is 6.54 Å². The number of amides is 1.